The average Bonchev–Trinajstić information content (AvgIpc) is 2.98. The lowest BCUT2D eigenvalue weighted by atomic mass is 9.76. The zero-order valence-electron chi connectivity index (χ0n) is 17.1. The summed E-state index contributed by atoms with van der Waals surface area (Å²) in [6.07, 6.45) is -2.70. The molecule has 2 aromatic carbocycles. The van der Waals surface area contributed by atoms with Crippen LogP contribution in [0.15, 0.2) is 42.5 Å². The Balaban J connectivity index is 1.50. The number of nitrogens with one attached hydrogen (secondary N) is 2. The van der Waals surface area contributed by atoms with Crippen molar-refractivity contribution in [3.63, 3.8) is 0 Å². The monoisotopic (exact) mass is 447 g/mol. The molecule has 2 aliphatic rings. The van der Waals surface area contributed by atoms with E-state index in [9.17, 15) is 27.6 Å². The number of methoxy groups -OCH3 is 1. The number of carbonyl (C=O) groups excluding carboxylic acids is 3. The third-order valence-corrected chi connectivity index (χ3v) is 5.74. The molecule has 0 saturated carbocycles. The van der Waals surface area contributed by atoms with Crippen LogP contribution < -0.4 is 15.4 Å². The highest BCUT2D eigenvalue weighted by Gasteiger charge is 2.54. The molecule has 1 aliphatic carbocycles. The van der Waals surface area contributed by atoms with E-state index in [-0.39, 0.29) is 5.69 Å². The second-order valence-corrected chi connectivity index (χ2v) is 7.73. The number of alkyl halides is 3. The average molecular weight is 447 g/mol. The van der Waals surface area contributed by atoms with E-state index in [0.717, 1.165) is 41.1 Å². The summed E-state index contributed by atoms with van der Waals surface area (Å²) in [5, 5.41) is 5.17. The lowest BCUT2D eigenvalue weighted by Gasteiger charge is -2.33. The SMILES string of the molecule is COc1ccc2c(c1)CCC[C@]21NC(=O)N(CC(=O)Nc2ccc(C(F)(F)F)cc2)C1=O. The second-order valence-electron chi connectivity index (χ2n) is 7.73. The number of benzene rings is 2. The number of fused-ring (bicyclic) bond motifs is 2. The van der Waals surface area contributed by atoms with Gasteiger partial charge in [-0.15, -0.1) is 0 Å². The topological polar surface area (TPSA) is 87.7 Å². The molecule has 0 unspecified atom stereocenters. The predicted molar refractivity (Wildman–Crippen MR) is 108 cm³/mol. The van der Waals surface area contributed by atoms with Crippen LogP contribution in [0.2, 0.25) is 0 Å². The molecule has 0 aromatic heterocycles. The minimum absolute atomic E-state index is 0.125. The van der Waals surface area contributed by atoms with Crippen molar-refractivity contribution in [2.45, 2.75) is 31.0 Å². The molecule has 4 amide bonds. The third kappa shape index (κ3) is 3.76. The summed E-state index contributed by atoms with van der Waals surface area (Å²) < 4.78 is 43.3. The molecule has 1 saturated heterocycles. The number of hydrogen-bond donors (Lipinski definition) is 2. The van der Waals surface area contributed by atoms with Crippen molar-refractivity contribution in [2.24, 2.45) is 0 Å². The molecule has 10 heteroatoms. The van der Waals surface area contributed by atoms with Crippen molar-refractivity contribution in [1.29, 1.82) is 0 Å². The number of carbonyl (C=O) groups is 3. The number of anilines is 1. The summed E-state index contributed by atoms with van der Waals surface area (Å²) in [6, 6.07) is 8.49. The number of aryl methyl sites for hydroxylation is 1. The van der Waals surface area contributed by atoms with Crippen LogP contribution in [-0.2, 0) is 27.7 Å². The molecule has 168 valence electrons. The van der Waals surface area contributed by atoms with Crippen LogP contribution in [0.3, 0.4) is 0 Å². The lowest BCUT2D eigenvalue weighted by Crippen LogP contribution is -2.47. The Bertz CT molecular complexity index is 1080. The van der Waals surface area contributed by atoms with Gasteiger partial charge in [-0.05, 0) is 66.8 Å². The summed E-state index contributed by atoms with van der Waals surface area (Å²) in [6.45, 7) is -0.557. The Kier molecular flexibility index (Phi) is 5.31. The van der Waals surface area contributed by atoms with E-state index in [1.165, 1.54) is 0 Å². The fourth-order valence-electron chi connectivity index (χ4n) is 4.21. The van der Waals surface area contributed by atoms with E-state index >= 15 is 0 Å². The number of nitrogens with zero attached hydrogens (tertiary/aromatic N) is 1. The van der Waals surface area contributed by atoms with Crippen LogP contribution in [0.4, 0.5) is 23.7 Å². The first-order valence-electron chi connectivity index (χ1n) is 9.93. The van der Waals surface area contributed by atoms with Gasteiger partial charge in [-0.3, -0.25) is 14.5 Å². The first kappa shape index (κ1) is 21.7. The van der Waals surface area contributed by atoms with Gasteiger partial charge in [0.25, 0.3) is 5.91 Å². The summed E-state index contributed by atoms with van der Waals surface area (Å²) >= 11 is 0. The molecule has 1 fully saturated rings. The van der Waals surface area contributed by atoms with Crippen molar-refractivity contribution in [2.75, 3.05) is 19.0 Å². The number of rotatable bonds is 4. The highest BCUT2D eigenvalue weighted by Crippen LogP contribution is 2.41. The third-order valence-electron chi connectivity index (χ3n) is 5.74. The van der Waals surface area contributed by atoms with Crippen molar-refractivity contribution in [3.05, 3.63) is 59.2 Å². The van der Waals surface area contributed by atoms with Gasteiger partial charge in [0.05, 0.1) is 12.7 Å². The molecule has 1 aliphatic heterocycles. The molecular formula is C22H20F3N3O4. The van der Waals surface area contributed by atoms with Gasteiger partial charge in [-0.25, -0.2) is 4.79 Å². The second kappa shape index (κ2) is 7.85. The zero-order chi connectivity index (χ0) is 23.1. The van der Waals surface area contributed by atoms with Gasteiger partial charge >= 0.3 is 12.2 Å². The Morgan fingerprint density at radius 3 is 2.56 bits per heavy atom. The Morgan fingerprint density at radius 1 is 1.19 bits per heavy atom. The standard InChI is InChI=1S/C22H20F3N3O4/c1-32-16-8-9-17-13(11-16)3-2-10-21(17)19(30)28(20(31)27-21)12-18(29)26-15-6-4-14(5-7-15)22(23,24)25/h4-9,11H,2-3,10,12H2,1H3,(H,26,29)(H,27,31)/t21-/m0/s1. The van der Waals surface area contributed by atoms with Crippen molar-refractivity contribution in [1.82, 2.24) is 10.2 Å². The van der Waals surface area contributed by atoms with E-state index < -0.39 is 41.7 Å². The van der Waals surface area contributed by atoms with Gasteiger partial charge < -0.3 is 15.4 Å². The zero-order valence-corrected chi connectivity index (χ0v) is 17.1. The van der Waals surface area contributed by atoms with Gasteiger partial charge in [-0.1, -0.05) is 6.07 Å². The van der Waals surface area contributed by atoms with Gasteiger partial charge in [-0.2, -0.15) is 13.2 Å². The smallest absolute Gasteiger partial charge is 0.416 e. The van der Waals surface area contributed by atoms with Gasteiger partial charge in [0, 0.05) is 5.69 Å². The molecule has 1 spiro atoms. The van der Waals surface area contributed by atoms with Crippen LogP contribution in [0.25, 0.3) is 0 Å². The molecule has 32 heavy (non-hydrogen) atoms. The molecular weight excluding hydrogens is 427 g/mol. The van der Waals surface area contributed by atoms with Gasteiger partial charge in [0.1, 0.15) is 17.8 Å². The van der Waals surface area contributed by atoms with Crippen molar-refractivity contribution in [3.8, 4) is 5.75 Å². The highest BCUT2D eigenvalue weighted by atomic mass is 19.4. The quantitative estimate of drug-likeness (QED) is 0.703. The number of imide groups is 1. The van der Waals surface area contributed by atoms with Crippen LogP contribution in [-0.4, -0.2) is 36.4 Å². The minimum atomic E-state index is -4.49. The van der Waals surface area contributed by atoms with Crippen LogP contribution in [0, 0.1) is 0 Å². The maximum absolute atomic E-state index is 13.3. The van der Waals surface area contributed by atoms with Crippen LogP contribution in [0.1, 0.15) is 29.5 Å². The molecule has 2 aromatic rings. The highest BCUT2D eigenvalue weighted by molar-refractivity contribution is 6.10. The Labute approximate surface area is 181 Å². The fraction of sp³-hybridized carbons (Fsp3) is 0.318. The largest absolute Gasteiger partial charge is 0.497 e. The van der Waals surface area contributed by atoms with E-state index in [1.807, 2.05) is 6.07 Å². The van der Waals surface area contributed by atoms with E-state index in [2.05, 4.69) is 10.6 Å². The summed E-state index contributed by atoms with van der Waals surface area (Å²) in [4.78, 5) is 39.1. The number of ether oxygens (including phenoxy) is 1. The number of halogens is 3. The number of hydrogen-bond acceptors (Lipinski definition) is 4. The molecule has 1 heterocycles. The first-order valence-corrected chi connectivity index (χ1v) is 9.93. The minimum Gasteiger partial charge on any atom is -0.497 e. The van der Waals surface area contributed by atoms with E-state index in [4.69, 9.17) is 4.74 Å². The van der Waals surface area contributed by atoms with Crippen molar-refractivity contribution < 1.29 is 32.3 Å². The summed E-state index contributed by atoms with van der Waals surface area (Å²) in [7, 11) is 1.54. The van der Waals surface area contributed by atoms with Gasteiger partial charge in [0.2, 0.25) is 5.91 Å². The summed E-state index contributed by atoms with van der Waals surface area (Å²) in [5.74, 6) is -0.586. The lowest BCUT2D eigenvalue weighted by molar-refractivity contribution is -0.137. The van der Waals surface area contributed by atoms with Crippen LogP contribution in [0.5, 0.6) is 5.75 Å². The molecule has 2 N–H and O–H groups in total. The Hall–Kier alpha value is -3.56. The molecule has 0 bridgehead atoms. The molecule has 1 atom stereocenters. The number of amides is 4. The Morgan fingerprint density at radius 2 is 1.91 bits per heavy atom. The van der Waals surface area contributed by atoms with E-state index in [1.54, 1.807) is 19.2 Å². The maximum Gasteiger partial charge on any atom is 0.416 e. The number of urea groups is 1. The van der Waals surface area contributed by atoms with Crippen molar-refractivity contribution >= 4 is 23.5 Å². The predicted octanol–water partition coefficient (Wildman–Crippen LogP) is 3.44. The summed E-state index contributed by atoms with van der Waals surface area (Å²) in [5.41, 5.74) is -0.404. The molecule has 0 radical (unpaired) electrons. The van der Waals surface area contributed by atoms with Gasteiger partial charge in [0.15, 0.2) is 0 Å². The first-order chi connectivity index (χ1) is 15.1. The van der Waals surface area contributed by atoms with Crippen LogP contribution >= 0.6 is 0 Å². The van der Waals surface area contributed by atoms with E-state index in [0.29, 0.717) is 24.2 Å². The molecule has 4 rings (SSSR count). The normalized spacial score (nSPS) is 20.2. The maximum atomic E-state index is 13.3. The fourth-order valence-corrected chi connectivity index (χ4v) is 4.21. The molecule has 7 nitrogen and oxygen atoms in total.